The molecule has 0 spiro atoms. The van der Waals surface area contributed by atoms with Crippen molar-refractivity contribution in [3.63, 3.8) is 0 Å². The maximum Gasteiger partial charge on any atom is 0.0789 e. The molecule has 1 heterocycles. The highest BCUT2D eigenvalue weighted by Crippen LogP contribution is 2.29. The molecule has 3 heteroatoms. The van der Waals surface area contributed by atoms with Crippen molar-refractivity contribution in [3.05, 3.63) is 35.4 Å². The Kier molecular flexibility index (Phi) is 4.06. The molecule has 1 atom stereocenters. The third-order valence-corrected chi connectivity index (χ3v) is 3.80. The molecule has 2 nitrogen and oxygen atoms in total. The fraction of sp³-hybridized carbons (Fsp3) is 0.500. The summed E-state index contributed by atoms with van der Waals surface area (Å²) in [5.74, 6) is 1.26. The van der Waals surface area contributed by atoms with E-state index in [2.05, 4.69) is 29.6 Å². The van der Waals surface area contributed by atoms with E-state index in [1.165, 1.54) is 23.3 Å². The molecule has 0 saturated carbocycles. The minimum atomic E-state index is 0.468. The number of benzene rings is 1. The summed E-state index contributed by atoms with van der Waals surface area (Å²) < 4.78 is 5.14. The Morgan fingerprint density at radius 2 is 2.47 bits per heavy atom. The van der Waals surface area contributed by atoms with Crippen LogP contribution in [0, 0.1) is 0 Å². The van der Waals surface area contributed by atoms with Crippen LogP contribution in [0.2, 0.25) is 0 Å². The van der Waals surface area contributed by atoms with Crippen molar-refractivity contribution < 1.29 is 4.74 Å². The molecule has 1 fully saturated rings. The third kappa shape index (κ3) is 2.97. The second kappa shape index (κ2) is 5.54. The Hall–Kier alpha value is -0.510. The number of hydrogen-bond acceptors (Lipinski definition) is 3. The average molecular weight is 223 g/mol. The van der Waals surface area contributed by atoms with E-state index in [-0.39, 0.29) is 0 Å². The molecule has 1 saturated heterocycles. The summed E-state index contributed by atoms with van der Waals surface area (Å²) in [6.07, 6.45) is 1.28. The van der Waals surface area contributed by atoms with Gasteiger partial charge in [0.1, 0.15) is 0 Å². The second-order valence-corrected chi connectivity index (χ2v) is 4.95. The van der Waals surface area contributed by atoms with E-state index in [0.29, 0.717) is 12.0 Å². The van der Waals surface area contributed by atoms with Crippen molar-refractivity contribution in [2.24, 2.45) is 0 Å². The van der Waals surface area contributed by atoms with E-state index >= 15 is 0 Å². The molecule has 0 bridgehead atoms. The van der Waals surface area contributed by atoms with Gasteiger partial charge in [-0.05, 0) is 29.8 Å². The van der Waals surface area contributed by atoms with Gasteiger partial charge >= 0.3 is 0 Å². The van der Waals surface area contributed by atoms with E-state index in [9.17, 15) is 0 Å². The van der Waals surface area contributed by atoms with Crippen LogP contribution in [0.25, 0.3) is 0 Å². The Morgan fingerprint density at radius 3 is 3.20 bits per heavy atom. The topological polar surface area (TPSA) is 21.3 Å². The van der Waals surface area contributed by atoms with Gasteiger partial charge in [-0.1, -0.05) is 24.3 Å². The highest BCUT2D eigenvalue weighted by Gasteiger charge is 2.14. The fourth-order valence-corrected chi connectivity index (χ4v) is 2.91. The first-order chi connectivity index (χ1) is 7.40. The van der Waals surface area contributed by atoms with E-state index in [0.717, 1.165) is 6.54 Å². The molecular weight excluding hydrogens is 206 g/mol. The highest BCUT2D eigenvalue weighted by molar-refractivity contribution is 7.99. The van der Waals surface area contributed by atoms with Gasteiger partial charge in [-0.25, -0.2) is 0 Å². The Morgan fingerprint density at radius 1 is 1.53 bits per heavy atom. The monoisotopic (exact) mass is 223 g/mol. The highest BCUT2D eigenvalue weighted by atomic mass is 32.2. The Labute approximate surface area is 95.4 Å². The fourth-order valence-electron chi connectivity index (χ4n) is 1.79. The molecule has 1 unspecified atom stereocenters. The van der Waals surface area contributed by atoms with Crippen LogP contribution in [-0.2, 0) is 11.3 Å². The first kappa shape index (κ1) is 11.0. The van der Waals surface area contributed by atoms with Gasteiger partial charge in [0, 0.05) is 7.11 Å². The van der Waals surface area contributed by atoms with Crippen LogP contribution in [0.15, 0.2) is 24.3 Å². The first-order valence-corrected chi connectivity index (χ1v) is 6.38. The molecule has 15 heavy (non-hydrogen) atoms. The van der Waals surface area contributed by atoms with Gasteiger partial charge in [0.25, 0.3) is 0 Å². The lowest BCUT2D eigenvalue weighted by atomic mass is 10.1. The first-order valence-electron chi connectivity index (χ1n) is 5.33. The van der Waals surface area contributed by atoms with Gasteiger partial charge in [0.15, 0.2) is 0 Å². The SMILES string of the molecule is COCc1cccc(C2NCCCS2)c1. The summed E-state index contributed by atoms with van der Waals surface area (Å²) in [6, 6.07) is 8.65. The lowest BCUT2D eigenvalue weighted by Gasteiger charge is -2.23. The molecule has 1 aromatic rings. The van der Waals surface area contributed by atoms with Crippen molar-refractivity contribution in [1.82, 2.24) is 5.32 Å². The molecule has 1 N–H and O–H groups in total. The van der Waals surface area contributed by atoms with Gasteiger partial charge in [0.2, 0.25) is 0 Å². The largest absolute Gasteiger partial charge is 0.380 e. The molecule has 82 valence electrons. The third-order valence-electron chi connectivity index (χ3n) is 2.50. The Balaban J connectivity index is 2.09. The average Bonchev–Trinajstić information content (AvgIpc) is 2.31. The van der Waals surface area contributed by atoms with Crippen LogP contribution in [0.4, 0.5) is 0 Å². The summed E-state index contributed by atoms with van der Waals surface area (Å²) in [5, 5.41) is 3.99. The van der Waals surface area contributed by atoms with E-state index in [4.69, 9.17) is 4.74 Å². The molecule has 2 rings (SSSR count). The van der Waals surface area contributed by atoms with Gasteiger partial charge in [0.05, 0.1) is 12.0 Å². The summed E-state index contributed by atoms with van der Waals surface area (Å²) >= 11 is 1.99. The predicted molar refractivity (Wildman–Crippen MR) is 65.0 cm³/mol. The molecular formula is C12H17NOS. The van der Waals surface area contributed by atoms with E-state index < -0.39 is 0 Å². The second-order valence-electron chi connectivity index (χ2n) is 3.74. The van der Waals surface area contributed by atoms with Gasteiger partial charge in [-0.2, -0.15) is 0 Å². The number of hydrogen-bond donors (Lipinski definition) is 1. The molecule has 1 aliphatic heterocycles. The predicted octanol–water partition coefficient (Wildman–Crippen LogP) is 2.56. The van der Waals surface area contributed by atoms with Crippen molar-refractivity contribution >= 4 is 11.8 Å². The number of rotatable bonds is 3. The summed E-state index contributed by atoms with van der Waals surface area (Å²) in [6.45, 7) is 1.83. The van der Waals surface area contributed by atoms with Crippen molar-refractivity contribution in [2.75, 3.05) is 19.4 Å². The van der Waals surface area contributed by atoms with Crippen molar-refractivity contribution in [3.8, 4) is 0 Å². The Bertz CT molecular complexity index is 310. The number of nitrogens with one attached hydrogen (secondary N) is 1. The normalized spacial score (nSPS) is 21.5. The quantitative estimate of drug-likeness (QED) is 0.851. The zero-order valence-corrected chi connectivity index (χ0v) is 9.85. The summed E-state index contributed by atoms with van der Waals surface area (Å²) in [5.41, 5.74) is 2.62. The molecule has 1 aromatic carbocycles. The number of thioether (sulfide) groups is 1. The van der Waals surface area contributed by atoms with Gasteiger partial charge in [-0.15, -0.1) is 11.8 Å². The smallest absolute Gasteiger partial charge is 0.0789 e. The minimum Gasteiger partial charge on any atom is -0.380 e. The van der Waals surface area contributed by atoms with Crippen LogP contribution >= 0.6 is 11.8 Å². The van der Waals surface area contributed by atoms with Crippen molar-refractivity contribution in [2.45, 2.75) is 18.4 Å². The van der Waals surface area contributed by atoms with Crippen LogP contribution < -0.4 is 5.32 Å². The molecule has 0 aliphatic carbocycles. The van der Waals surface area contributed by atoms with Crippen LogP contribution in [-0.4, -0.2) is 19.4 Å². The molecule has 0 aromatic heterocycles. The van der Waals surface area contributed by atoms with Gasteiger partial charge < -0.3 is 10.1 Å². The molecule has 0 amide bonds. The lowest BCUT2D eigenvalue weighted by molar-refractivity contribution is 0.185. The van der Waals surface area contributed by atoms with Crippen molar-refractivity contribution in [1.29, 1.82) is 0 Å². The standard InChI is InChI=1S/C12H17NOS/c1-14-9-10-4-2-5-11(8-10)12-13-6-3-7-15-12/h2,4-5,8,12-13H,3,6-7,9H2,1H3. The maximum absolute atomic E-state index is 5.14. The maximum atomic E-state index is 5.14. The van der Waals surface area contributed by atoms with Crippen LogP contribution in [0.5, 0.6) is 0 Å². The van der Waals surface area contributed by atoms with E-state index in [1.807, 2.05) is 11.8 Å². The summed E-state index contributed by atoms with van der Waals surface area (Å²) in [7, 11) is 1.74. The summed E-state index contributed by atoms with van der Waals surface area (Å²) in [4.78, 5) is 0. The van der Waals surface area contributed by atoms with Crippen LogP contribution in [0.3, 0.4) is 0 Å². The molecule has 1 aliphatic rings. The lowest BCUT2D eigenvalue weighted by Crippen LogP contribution is -2.25. The minimum absolute atomic E-state index is 0.468. The zero-order chi connectivity index (χ0) is 10.5. The number of methoxy groups -OCH3 is 1. The number of ether oxygens (including phenoxy) is 1. The zero-order valence-electron chi connectivity index (χ0n) is 9.03. The molecule has 0 radical (unpaired) electrons. The van der Waals surface area contributed by atoms with Crippen LogP contribution in [0.1, 0.15) is 22.9 Å². The van der Waals surface area contributed by atoms with Gasteiger partial charge in [-0.3, -0.25) is 0 Å². The van der Waals surface area contributed by atoms with E-state index in [1.54, 1.807) is 7.11 Å².